The van der Waals surface area contributed by atoms with Gasteiger partial charge in [-0.05, 0) is 20.3 Å². The number of aromatic nitrogens is 2. The maximum atomic E-state index is 5.48. The molecule has 0 atom stereocenters. The molecule has 1 N–H and O–H groups in total. The molecule has 0 aromatic carbocycles. The summed E-state index contributed by atoms with van der Waals surface area (Å²) in [6, 6.07) is 0.380. The summed E-state index contributed by atoms with van der Waals surface area (Å²) in [6.45, 7) is 7.55. The van der Waals surface area contributed by atoms with Gasteiger partial charge in [0.2, 0.25) is 5.75 Å². The molecule has 1 aromatic rings. The van der Waals surface area contributed by atoms with E-state index in [1.165, 1.54) is 12.8 Å². The summed E-state index contributed by atoms with van der Waals surface area (Å²) >= 11 is 0. The van der Waals surface area contributed by atoms with Crippen molar-refractivity contribution < 1.29 is 4.74 Å². The van der Waals surface area contributed by atoms with Gasteiger partial charge in [-0.25, -0.2) is 9.97 Å². The van der Waals surface area contributed by atoms with Crippen LogP contribution in [0.1, 0.15) is 40.0 Å². The molecule has 5 nitrogen and oxygen atoms in total. The molecule has 0 bridgehead atoms. The second-order valence-electron chi connectivity index (χ2n) is 4.82. The minimum absolute atomic E-state index is 0.380. The Balaban J connectivity index is 3.01. The van der Waals surface area contributed by atoms with Gasteiger partial charge in [0.1, 0.15) is 6.33 Å². The summed E-state index contributed by atoms with van der Waals surface area (Å²) in [5.41, 5.74) is 0. The van der Waals surface area contributed by atoms with Gasteiger partial charge in [-0.2, -0.15) is 0 Å². The Hall–Kier alpha value is -1.52. The lowest BCUT2D eigenvalue weighted by Crippen LogP contribution is -2.33. The number of ether oxygens (including phenoxy) is 1. The van der Waals surface area contributed by atoms with Crippen LogP contribution in [0.4, 0.5) is 11.6 Å². The van der Waals surface area contributed by atoms with Crippen molar-refractivity contribution in [2.75, 3.05) is 30.9 Å². The summed E-state index contributed by atoms with van der Waals surface area (Å²) < 4.78 is 5.48. The molecule has 0 spiro atoms. The smallest absolute Gasteiger partial charge is 0.204 e. The van der Waals surface area contributed by atoms with Crippen LogP contribution in [-0.2, 0) is 0 Å². The molecule has 0 aliphatic carbocycles. The van der Waals surface area contributed by atoms with E-state index in [1.807, 2.05) is 7.05 Å². The molecule has 1 rings (SSSR count). The van der Waals surface area contributed by atoms with Gasteiger partial charge in [0.05, 0.1) is 7.11 Å². The fourth-order valence-electron chi connectivity index (χ4n) is 2.08. The van der Waals surface area contributed by atoms with Crippen molar-refractivity contribution in [2.45, 2.75) is 46.1 Å². The van der Waals surface area contributed by atoms with E-state index in [1.54, 1.807) is 13.4 Å². The molecule has 0 unspecified atom stereocenters. The van der Waals surface area contributed by atoms with Crippen LogP contribution in [0.25, 0.3) is 0 Å². The monoisotopic (exact) mass is 266 g/mol. The van der Waals surface area contributed by atoms with E-state index in [2.05, 4.69) is 41.0 Å². The first-order chi connectivity index (χ1) is 9.15. The van der Waals surface area contributed by atoms with Crippen molar-refractivity contribution in [2.24, 2.45) is 0 Å². The topological polar surface area (TPSA) is 50.3 Å². The Bertz CT molecular complexity index is 382. The number of hydrogen-bond donors (Lipinski definition) is 1. The van der Waals surface area contributed by atoms with Crippen LogP contribution in [0.2, 0.25) is 0 Å². The molecule has 1 heterocycles. The molecule has 0 radical (unpaired) electrons. The van der Waals surface area contributed by atoms with E-state index in [-0.39, 0.29) is 0 Å². The number of nitrogens with one attached hydrogen (secondary N) is 1. The Morgan fingerprint density at radius 1 is 1.32 bits per heavy atom. The highest BCUT2D eigenvalue weighted by Gasteiger charge is 2.19. The minimum atomic E-state index is 0.380. The first-order valence-corrected chi connectivity index (χ1v) is 6.99. The first kappa shape index (κ1) is 15.5. The van der Waals surface area contributed by atoms with Crippen LogP contribution in [-0.4, -0.2) is 36.7 Å². The SMILES string of the molecule is CCCCCN(c1ncnc(NC)c1OC)C(C)C. The fraction of sp³-hybridized carbons (Fsp3) is 0.714. The van der Waals surface area contributed by atoms with Gasteiger partial charge in [-0.15, -0.1) is 0 Å². The number of methoxy groups -OCH3 is 1. The Kier molecular flexibility index (Phi) is 6.39. The number of rotatable bonds is 8. The molecule has 0 fully saturated rings. The highest BCUT2D eigenvalue weighted by molar-refractivity contribution is 5.64. The minimum Gasteiger partial charge on any atom is -0.490 e. The van der Waals surface area contributed by atoms with E-state index in [9.17, 15) is 0 Å². The summed E-state index contributed by atoms with van der Waals surface area (Å²) in [6.07, 6.45) is 5.19. The lowest BCUT2D eigenvalue weighted by molar-refractivity contribution is 0.410. The van der Waals surface area contributed by atoms with Crippen LogP contribution < -0.4 is 15.0 Å². The van der Waals surface area contributed by atoms with Crippen molar-refractivity contribution >= 4 is 11.6 Å². The molecule has 108 valence electrons. The predicted molar refractivity (Wildman–Crippen MR) is 80.1 cm³/mol. The van der Waals surface area contributed by atoms with Crippen molar-refractivity contribution in [1.82, 2.24) is 9.97 Å². The predicted octanol–water partition coefficient (Wildman–Crippen LogP) is 2.93. The van der Waals surface area contributed by atoms with Crippen molar-refractivity contribution in [3.8, 4) is 5.75 Å². The highest BCUT2D eigenvalue weighted by atomic mass is 16.5. The van der Waals surface area contributed by atoms with Gasteiger partial charge in [-0.1, -0.05) is 19.8 Å². The average Bonchev–Trinajstić information content (AvgIpc) is 2.42. The van der Waals surface area contributed by atoms with Crippen molar-refractivity contribution in [3.63, 3.8) is 0 Å². The molecule has 5 heteroatoms. The molecule has 1 aromatic heterocycles. The normalized spacial score (nSPS) is 10.6. The second-order valence-corrected chi connectivity index (χ2v) is 4.82. The number of nitrogens with zero attached hydrogens (tertiary/aromatic N) is 3. The summed E-state index contributed by atoms with van der Waals surface area (Å²) in [7, 11) is 3.50. The third kappa shape index (κ3) is 3.98. The van der Waals surface area contributed by atoms with Crippen molar-refractivity contribution in [3.05, 3.63) is 6.33 Å². The third-order valence-electron chi connectivity index (χ3n) is 3.12. The number of unbranched alkanes of at least 4 members (excludes halogenated alkanes) is 2. The average molecular weight is 266 g/mol. The second kappa shape index (κ2) is 7.81. The zero-order valence-electron chi connectivity index (χ0n) is 12.7. The Labute approximate surface area is 116 Å². The molecule has 0 saturated carbocycles. The Morgan fingerprint density at radius 2 is 2.05 bits per heavy atom. The molecule has 19 heavy (non-hydrogen) atoms. The molecule has 0 amide bonds. The van der Waals surface area contributed by atoms with Crippen LogP contribution >= 0.6 is 0 Å². The zero-order chi connectivity index (χ0) is 14.3. The number of hydrogen-bond acceptors (Lipinski definition) is 5. The molecule has 0 aliphatic rings. The van der Waals surface area contributed by atoms with Crippen LogP contribution in [0, 0.1) is 0 Å². The van der Waals surface area contributed by atoms with Crippen LogP contribution in [0.5, 0.6) is 5.75 Å². The van der Waals surface area contributed by atoms with E-state index < -0.39 is 0 Å². The maximum Gasteiger partial charge on any atom is 0.204 e. The summed E-state index contributed by atoms with van der Waals surface area (Å²) in [5.74, 6) is 2.32. The van der Waals surface area contributed by atoms with Gasteiger partial charge in [-0.3, -0.25) is 0 Å². The molecular weight excluding hydrogens is 240 g/mol. The summed E-state index contributed by atoms with van der Waals surface area (Å²) in [4.78, 5) is 10.9. The van der Waals surface area contributed by atoms with Crippen LogP contribution in [0.15, 0.2) is 6.33 Å². The van der Waals surface area contributed by atoms with Gasteiger partial charge in [0, 0.05) is 19.6 Å². The van der Waals surface area contributed by atoms with Gasteiger partial charge >= 0.3 is 0 Å². The quantitative estimate of drug-likeness (QED) is 0.733. The third-order valence-corrected chi connectivity index (χ3v) is 3.12. The zero-order valence-corrected chi connectivity index (χ0v) is 12.7. The molecule has 0 saturated heterocycles. The highest BCUT2D eigenvalue weighted by Crippen LogP contribution is 2.32. The van der Waals surface area contributed by atoms with Gasteiger partial charge in [0.25, 0.3) is 0 Å². The lowest BCUT2D eigenvalue weighted by atomic mass is 10.2. The van der Waals surface area contributed by atoms with Gasteiger partial charge < -0.3 is 15.0 Å². The largest absolute Gasteiger partial charge is 0.490 e. The summed E-state index contributed by atoms with van der Waals surface area (Å²) in [5, 5.41) is 3.05. The van der Waals surface area contributed by atoms with E-state index in [0.717, 1.165) is 30.4 Å². The van der Waals surface area contributed by atoms with Crippen molar-refractivity contribution in [1.29, 1.82) is 0 Å². The van der Waals surface area contributed by atoms with Crippen LogP contribution in [0.3, 0.4) is 0 Å². The standard InChI is InChI=1S/C14H26N4O/c1-6-7-8-9-18(11(2)3)14-12(19-5)13(15-4)16-10-17-14/h10-11H,6-9H2,1-5H3,(H,15,16,17). The van der Waals surface area contributed by atoms with E-state index in [4.69, 9.17) is 4.74 Å². The van der Waals surface area contributed by atoms with E-state index >= 15 is 0 Å². The molecular formula is C14H26N4O. The van der Waals surface area contributed by atoms with Gasteiger partial charge in [0.15, 0.2) is 11.6 Å². The Morgan fingerprint density at radius 3 is 2.58 bits per heavy atom. The number of anilines is 2. The molecule has 0 aliphatic heterocycles. The fourth-order valence-corrected chi connectivity index (χ4v) is 2.08. The maximum absolute atomic E-state index is 5.48. The van der Waals surface area contributed by atoms with E-state index in [0.29, 0.717) is 6.04 Å². The lowest BCUT2D eigenvalue weighted by Gasteiger charge is -2.29. The first-order valence-electron chi connectivity index (χ1n) is 6.99.